The number of hydrogen-bond donors (Lipinski definition) is 3. The molecule has 0 unspecified atom stereocenters. The van der Waals surface area contributed by atoms with Gasteiger partial charge in [-0.05, 0) is 42.5 Å². The highest BCUT2D eigenvalue weighted by Crippen LogP contribution is 2.50. The van der Waals surface area contributed by atoms with Crippen molar-refractivity contribution in [1.82, 2.24) is 0 Å². The van der Waals surface area contributed by atoms with Gasteiger partial charge in [-0.1, -0.05) is 0 Å². The molecule has 2 aliphatic heterocycles. The Morgan fingerprint density at radius 2 is 1.55 bits per heavy atom. The van der Waals surface area contributed by atoms with Crippen LogP contribution in [0.4, 0.5) is 0 Å². The first-order valence-electron chi connectivity index (χ1n) is 10.1. The molecule has 5 rings (SSSR count). The Morgan fingerprint density at radius 1 is 0.806 bits per heavy atom. The summed E-state index contributed by atoms with van der Waals surface area (Å²) in [5.41, 5.74) is 1.23. The molecule has 31 heavy (non-hydrogen) atoms. The summed E-state index contributed by atoms with van der Waals surface area (Å²) >= 11 is 0. The minimum Gasteiger partial charge on any atom is -0.508 e. The van der Waals surface area contributed by atoms with Crippen molar-refractivity contribution in [3.8, 4) is 28.7 Å². The Hall–Kier alpha value is -3.16. The molecule has 3 aromatic carbocycles. The molecule has 3 aromatic rings. The molecule has 0 aromatic heterocycles. The van der Waals surface area contributed by atoms with Crippen LogP contribution in [0.25, 0.3) is 10.8 Å². The minimum absolute atomic E-state index is 0.122. The summed E-state index contributed by atoms with van der Waals surface area (Å²) in [5.74, 6) is 1.70. The smallest absolute Gasteiger partial charge is 0.133 e. The second-order valence-electron chi connectivity index (χ2n) is 7.97. The lowest BCUT2D eigenvalue weighted by Gasteiger charge is -2.40. The van der Waals surface area contributed by atoms with Gasteiger partial charge in [0.25, 0.3) is 0 Å². The second kappa shape index (κ2) is 7.51. The number of hydrogen-bond acceptors (Lipinski definition) is 7. The van der Waals surface area contributed by atoms with Crippen LogP contribution in [0.1, 0.15) is 23.3 Å². The maximum Gasteiger partial charge on any atom is 0.133 e. The van der Waals surface area contributed by atoms with Gasteiger partial charge >= 0.3 is 0 Å². The summed E-state index contributed by atoms with van der Waals surface area (Å²) in [7, 11) is 3.12. The number of methoxy groups -OCH3 is 2. The number of fused-ring (bicyclic) bond motifs is 4. The van der Waals surface area contributed by atoms with E-state index in [9.17, 15) is 15.3 Å². The fraction of sp³-hybridized carbons (Fsp3) is 0.333. The third-order valence-corrected chi connectivity index (χ3v) is 6.35. The molecule has 2 heterocycles. The van der Waals surface area contributed by atoms with E-state index >= 15 is 0 Å². The van der Waals surface area contributed by atoms with Crippen molar-refractivity contribution >= 4 is 10.8 Å². The van der Waals surface area contributed by atoms with E-state index < -0.39 is 12.2 Å². The van der Waals surface area contributed by atoms with Gasteiger partial charge in [0.15, 0.2) is 0 Å². The van der Waals surface area contributed by atoms with Crippen molar-refractivity contribution in [3.05, 3.63) is 53.6 Å². The van der Waals surface area contributed by atoms with Crippen LogP contribution < -0.4 is 18.9 Å². The van der Waals surface area contributed by atoms with Gasteiger partial charge < -0.3 is 34.3 Å². The van der Waals surface area contributed by atoms with Crippen LogP contribution in [0.3, 0.4) is 0 Å². The Balaban J connectivity index is 1.52. The first-order chi connectivity index (χ1) is 15.0. The van der Waals surface area contributed by atoms with Gasteiger partial charge in [0, 0.05) is 33.7 Å². The van der Waals surface area contributed by atoms with Crippen molar-refractivity contribution in [2.75, 3.05) is 27.4 Å². The number of benzene rings is 3. The predicted octanol–water partition coefficient (Wildman–Crippen LogP) is 3.35. The molecule has 0 radical (unpaired) electrons. The third-order valence-electron chi connectivity index (χ3n) is 6.35. The lowest BCUT2D eigenvalue weighted by Crippen LogP contribution is -2.40. The molecule has 0 saturated heterocycles. The maximum atomic E-state index is 11.3. The third kappa shape index (κ3) is 3.12. The first kappa shape index (κ1) is 19.8. The van der Waals surface area contributed by atoms with E-state index in [0.29, 0.717) is 39.5 Å². The lowest BCUT2D eigenvalue weighted by atomic mass is 9.77. The van der Waals surface area contributed by atoms with Crippen LogP contribution in [0, 0.1) is 11.8 Å². The molecule has 4 atom stereocenters. The zero-order valence-electron chi connectivity index (χ0n) is 17.2. The largest absolute Gasteiger partial charge is 0.508 e. The topological polar surface area (TPSA) is 97.6 Å². The van der Waals surface area contributed by atoms with Crippen LogP contribution in [0.15, 0.2) is 42.5 Å². The van der Waals surface area contributed by atoms with E-state index in [4.69, 9.17) is 18.9 Å². The fourth-order valence-corrected chi connectivity index (χ4v) is 4.66. The normalized spacial score (nSPS) is 24.5. The average Bonchev–Trinajstić information content (AvgIpc) is 2.79. The second-order valence-corrected chi connectivity index (χ2v) is 7.97. The molecule has 0 saturated carbocycles. The molecule has 0 fully saturated rings. The quantitative estimate of drug-likeness (QED) is 0.593. The Labute approximate surface area is 179 Å². The number of ether oxygens (including phenoxy) is 4. The number of phenolic OH excluding ortho intramolecular Hbond substituents is 1. The van der Waals surface area contributed by atoms with Crippen molar-refractivity contribution in [3.63, 3.8) is 0 Å². The molecule has 7 heteroatoms. The van der Waals surface area contributed by atoms with Gasteiger partial charge in [-0.3, -0.25) is 0 Å². The summed E-state index contributed by atoms with van der Waals surface area (Å²) in [6.45, 7) is 0.486. The van der Waals surface area contributed by atoms with Gasteiger partial charge in [0.1, 0.15) is 28.7 Å². The van der Waals surface area contributed by atoms with E-state index in [1.807, 2.05) is 0 Å². The van der Waals surface area contributed by atoms with Crippen molar-refractivity contribution in [2.45, 2.75) is 12.2 Å². The Bertz CT molecular complexity index is 1140. The molecule has 0 bridgehead atoms. The van der Waals surface area contributed by atoms with E-state index in [1.54, 1.807) is 56.7 Å². The molecule has 3 N–H and O–H groups in total. The van der Waals surface area contributed by atoms with Gasteiger partial charge in [-0.2, -0.15) is 0 Å². The van der Waals surface area contributed by atoms with Crippen molar-refractivity contribution in [1.29, 1.82) is 0 Å². The number of aliphatic hydroxyl groups is 2. The molecule has 162 valence electrons. The van der Waals surface area contributed by atoms with Gasteiger partial charge in [0.05, 0.1) is 39.6 Å². The van der Waals surface area contributed by atoms with Crippen LogP contribution in [0.5, 0.6) is 28.7 Å². The van der Waals surface area contributed by atoms with Gasteiger partial charge in [-0.25, -0.2) is 0 Å². The van der Waals surface area contributed by atoms with E-state index in [0.717, 1.165) is 5.39 Å². The van der Waals surface area contributed by atoms with Gasteiger partial charge in [0.2, 0.25) is 0 Å². The summed E-state index contributed by atoms with van der Waals surface area (Å²) in [5, 5.41) is 33.7. The van der Waals surface area contributed by atoms with Crippen molar-refractivity contribution < 1.29 is 34.3 Å². The SMILES string of the molecule is COc1ccc2c(c1)[C@@H](O)[C@@H]([C@H]1COc3c(cc(OC)c4cc(O)ccc34)[C@@H]1O)CO2. The van der Waals surface area contributed by atoms with E-state index in [2.05, 4.69) is 0 Å². The monoisotopic (exact) mass is 424 g/mol. The maximum absolute atomic E-state index is 11.3. The average molecular weight is 424 g/mol. The highest BCUT2D eigenvalue weighted by molar-refractivity contribution is 5.95. The van der Waals surface area contributed by atoms with Crippen LogP contribution in [-0.2, 0) is 0 Å². The summed E-state index contributed by atoms with van der Waals surface area (Å²) < 4.78 is 22.8. The summed E-state index contributed by atoms with van der Waals surface area (Å²) in [4.78, 5) is 0. The van der Waals surface area contributed by atoms with Crippen molar-refractivity contribution in [2.24, 2.45) is 11.8 Å². The van der Waals surface area contributed by atoms with E-state index in [1.165, 1.54) is 0 Å². The molecule has 0 spiro atoms. The van der Waals surface area contributed by atoms with Crippen LogP contribution in [-0.4, -0.2) is 42.8 Å². The lowest BCUT2D eigenvalue weighted by molar-refractivity contribution is -0.0548. The molecule has 0 aliphatic carbocycles. The zero-order valence-corrected chi connectivity index (χ0v) is 17.2. The number of aromatic hydroxyl groups is 1. The number of phenols is 1. The van der Waals surface area contributed by atoms with Crippen LogP contribution in [0.2, 0.25) is 0 Å². The highest BCUT2D eigenvalue weighted by atomic mass is 16.5. The molecule has 7 nitrogen and oxygen atoms in total. The predicted molar refractivity (Wildman–Crippen MR) is 113 cm³/mol. The number of aliphatic hydroxyl groups excluding tert-OH is 2. The molecular formula is C24H24O7. The summed E-state index contributed by atoms with van der Waals surface area (Å²) in [6, 6.07) is 12.0. The molecule has 2 aliphatic rings. The highest BCUT2D eigenvalue weighted by Gasteiger charge is 2.43. The fourth-order valence-electron chi connectivity index (χ4n) is 4.66. The molecule has 0 amide bonds. The zero-order chi connectivity index (χ0) is 21.7. The number of rotatable bonds is 3. The van der Waals surface area contributed by atoms with Crippen LogP contribution >= 0.6 is 0 Å². The Morgan fingerprint density at radius 3 is 2.29 bits per heavy atom. The summed E-state index contributed by atoms with van der Waals surface area (Å²) in [6.07, 6.45) is -1.71. The minimum atomic E-state index is -0.883. The standard InChI is InChI=1S/C24H24O7/c1-28-13-4-6-20-16(8-13)22(26)18(10-30-20)19-11-31-24-14-5-3-12(25)7-15(14)21(29-2)9-17(24)23(19)27/h3-9,18-19,22-23,25-27H,10-11H2,1-2H3/t18-,19-,22-,23+/m1/s1. The van der Waals surface area contributed by atoms with Gasteiger partial charge in [-0.15, -0.1) is 0 Å². The molecular weight excluding hydrogens is 400 g/mol. The van der Waals surface area contributed by atoms with E-state index in [-0.39, 0.29) is 30.8 Å². The Kier molecular flexibility index (Phi) is 4.79. The first-order valence-corrected chi connectivity index (χ1v) is 10.1.